The Hall–Kier alpha value is -4.53. The molecule has 3 aromatic carbocycles. The van der Waals surface area contributed by atoms with Gasteiger partial charge < -0.3 is 14.6 Å². The van der Waals surface area contributed by atoms with Crippen molar-refractivity contribution in [3.05, 3.63) is 107 Å². The van der Waals surface area contributed by atoms with Gasteiger partial charge in [-0.25, -0.2) is 13.6 Å². The van der Waals surface area contributed by atoms with Crippen molar-refractivity contribution in [3.8, 4) is 17.1 Å². The minimum absolute atomic E-state index is 0.0133. The smallest absolute Gasteiger partial charge is 0.322 e. The molecule has 5 rings (SSSR count). The second-order valence-corrected chi connectivity index (χ2v) is 8.27. The fourth-order valence-electron chi connectivity index (χ4n) is 4.19. The molecule has 0 aliphatic carbocycles. The van der Waals surface area contributed by atoms with Crippen LogP contribution in [-0.4, -0.2) is 28.2 Å². The van der Waals surface area contributed by atoms with Crippen LogP contribution in [0.4, 0.5) is 13.6 Å². The topological polar surface area (TPSA) is 80.5 Å². The highest BCUT2D eigenvalue weighted by molar-refractivity contribution is 5.86. The standard InChI is InChI=1S/C27H22F2N4O3/c1-16-23(26-31-25(32-36-26)18-9-6-11-21(14-18)35-2)24(17-8-5-10-20(28)13-17)30-27(34)33(16)15-19-7-3-4-12-22(19)29/h3-14,24H,15H2,1-2H3,(H,30,34). The van der Waals surface area contributed by atoms with Gasteiger partial charge in [-0.3, -0.25) is 4.90 Å². The summed E-state index contributed by atoms with van der Waals surface area (Å²) in [7, 11) is 1.56. The average molecular weight is 488 g/mol. The number of halogens is 2. The lowest BCUT2D eigenvalue weighted by atomic mass is 9.94. The summed E-state index contributed by atoms with van der Waals surface area (Å²) in [4.78, 5) is 19.1. The average Bonchev–Trinajstić information content (AvgIpc) is 3.37. The van der Waals surface area contributed by atoms with Crippen LogP contribution in [-0.2, 0) is 6.54 Å². The van der Waals surface area contributed by atoms with Crippen molar-refractivity contribution >= 4 is 11.6 Å². The summed E-state index contributed by atoms with van der Waals surface area (Å²) < 4.78 is 39.4. The summed E-state index contributed by atoms with van der Waals surface area (Å²) in [5, 5.41) is 7.01. The highest BCUT2D eigenvalue weighted by Crippen LogP contribution is 2.38. The highest BCUT2D eigenvalue weighted by Gasteiger charge is 2.36. The molecule has 0 radical (unpaired) electrons. The van der Waals surface area contributed by atoms with Crippen LogP contribution < -0.4 is 10.1 Å². The molecule has 9 heteroatoms. The normalized spacial score (nSPS) is 15.7. The second-order valence-electron chi connectivity index (χ2n) is 8.27. The summed E-state index contributed by atoms with van der Waals surface area (Å²) in [5.41, 5.74) is 2.49. The van der Waals surface area contributed by atoms with E-state index in [0.29, 0.717) is 39.5 Å². The van der Waals surface area contributed by atoms with E-state index < -0.39 is 23.7 Å². The summed E-state index contributed by atoms with van der Waals surface area (Å²) in [6, 6.07) is 18.1. The van der Waals surface area contributed by atoms with Crippen molar-refractivity contribution < 1.29 is 22.8 Å². The lowest BCUT2D eigenvalue weighted by Crippen LogP contribution is -2.45. The number of nitrogens with one attached hydrogen (secondary N) is 1. The third-order valence-corrected chi connectivity index (χ3v) is 6.05. The number of benzene rings is 3. The number of amides is 2. The molecule has 2 amide bonds. The largest absolute Gasteiger partial charge is 0.497 e. The number of methoxy groups -OCH3 is 1. The number of carbonyl (C=O) groups is 1. The van der Waals surface area contributed by atoms with Gasteiger partial charge >= 0.3 is 6.03 Å². The molecule has 0 fully saturated rings. The fourth-order valence-corrected chi connectivity index (χ4v) is 4.19. The zero-order valence-corrected chi connectivity index (χ0v) is 19.5. The number of allylic oxidation sites excluding steroid dienone is 1. The SMILES string of the molecule is COc1cccc(-c2noc(C3=C(C)N(Cc4ccccc4F)C(=O)NC3c3cccc(F)c3)n2)c1. The van der Waals surface area contributed by atoms with Crippen LogP contribution in [0.15, 0.2) is 83.0 Å². The van der Waals surface area contributed by atoms with Crippen molar-refractivity contribution in [3.63, 3.8) is 0 Å². The van der Waals surface area contributed by atoms with Gasteiger partial charge in [-0.05, 0) is 42.8 Å². The monoisotopic (exact) mass is 488 g/mol. The number of hydrogen-bond acceptors (Lipinski definition) is 5. The van der Waals surface area contributed by atoms with Crippen LogP contribution in [0, 0.1) is 11.6 Å². The minimum Gasteiger partial charge on any atom is -0.497 e. The van der Waals surface area contributed by atoms with Gasteiger partial charge in [-0.1, -0.05) is 47.6 Å². The lowest BCUT2D eigenvalue weighted by Gasteiger charge is -2.35. The minimum atomic E-state index is -0.760. The molecule has 1 atom stereocenters. The summed E-state index contributed by atoms with van der Waals surface area (Å²) >= 11 is 0. The first kappa shape index (κ1) is 23.2. The Kier molecular flexibility index (Phi) is 6.20. The Labute approximate surface area is 206 Å². The predicted octanol–water partition coefficient (Wildman–Crippen LogP) is 5.72. The predicted molar refractivity (Wildman–Crippen MR) is 128 cm³/mol. The van der Waals surface area contributed by atoms with Gasteiger partial charge in [0, 0.05) is 16.8 Å². The van der Waals surface area contributed by atoms with Gasteiger partial charge in [0.05, 0.1) is 25.3 Å². The number of nitrogens with zero attached hydrogens (tertiary/aromatic N) is 3. The fraction of sp³-hybridized carbons (Fsp3) is 0.148. The number of rotatable bonds is 6. The van der Waals surface area contributed by atoms with Crippen molar-refractivity contribution in [2.75, 3.05) is 7.11 Å². The third-order valence-electron chi connectivity index (χ3n) is 6.05. The molecule has 0 bridgehead atoms. The number of aromatic nitrogens is 2. The molecule has 1 unspecified atom stereocenters. The lowest BCUT2D eigenvalue weighted by molar-refractivity contribution is 0.202. The Bertz CT molecular complexity index is 1470. The van der Waals surface area contributed by atoms with Crippen LogP contribution in [0.2, 0.25) is 0 Å². The number of hydrogen-bond donors (Lipinski definition) is 1. The molecule has 1 aliphatic heterocycles. The molecule has 1 aromatic heterocycles. The third kappa shape index (κ3) is 4.43. The van der Waals surface area contributed by atoms with E-state index in [9.17, 15) is 13.6 Å². The van der Waals surface area contributed by atoms with Crippen molar-refractivity contribution in [2.24, 2.45) is 0 Å². The van der Waals surface area contributed by atoms with Gasteiger partial charge in [0.1, 0.15) is 17.4 Å². The van der Waals surface area contributed by atoms with Crippen molar-refractivity contribution in [2.45, 2.75) is 19.5 Å². The van der Waals surface area contributed by atoms with E-state index in [4.69, 9.17) is 9.26 Å². The number of carbonyl (C=O) groups excluding carboxylic acids is 1. The maximum Gasteiger partial charge on any atom is 0.322 e. The van der Waals surface area contributed by atoms with Gasteiger partial charge in [-0.15, -0.1) is 0 Å². The van der Waals surface area contributed by atoms with E-state index in [0.717, 1.165) is 0 Å². The van der Waals surface area contributed by atoms with Crippen LogP contribution in [0.25, 0.3) is 17.0 Å². The van der Waals surface area contributed by atoms with E-state index in [2.05, 4.69) is 15.5 Å². The van der Waals surface area contributed by atoms with E-state index in [1.165, 1.54) is 23.1 Å². The van der Waals surface area contributed by atoms with E-state index in [1.807, 2.05) is 6.07 Å². The number of ether oxygens (including phenoxy) is 1. The van der Waals surface area contributed by atoms with E-state index in [1.54, 1.807) is 62.6 Å². The molecule has 4 aromatic rings. The summed E-state index contributed by atoms with van der Waals surface area (Å²) in [6.07, 6.45) is 0. The second kappa shape index (κ2) is 9.61. The van der Waals surface area contributed by atoms with Crippen LogP contribution in [0.1, 0.15) is 30.0 Å². The van der Waals surface area contributed by atoms with Gasteiger partial charge in [0.25, 0.3) is 5.89 Å². The quantitative estimate of drug-likeness (QED) is 0.375. The van der Waals surface area contributed by atoms with Gasteiger partial charge in [0.15, 0.2) is 0 Å². The Balaban J connectivity index is 1.61. The van der Waals surface area contributed by atoms with Gasteiger partial charge in [-0.2, -0.15) is 4.98 Å². The summed E-state index contributed by atoms with van der Waals surface area (Å²) in [5.74, 6) is 0.228. The maximum atomic E-state index is 14.4. The molecule has 182 valence electrons. The van der Waals surface area contributed by atoms with Crippen LogP contribution in [0.3, 0.4) is 0 Å². The first-order chi connectivity index (χ1) is 17.4. The molecule has 2 heterocycles. The van der Waals surface area contributed by atoms with Crippen molar-refractivity contribution in [1.82, 2.24) is 20.4 Å². The molecule has 0 saturated carbocycles. The molecule has 0 spiro atoms. The molecular formula is C27H22F2N4O3. The van der Waals surface area contributed by atoms with Gasteiger partial charge in [0.2, 0.25) is 5.82 Å². The van der Waals surface area contributed by atoms with E-state index >= 15 is 0 Å². The zero-order valence-electron chi connectivity index (χ0n) is 19.5. The molecule has 7 nitrogen and oxygen atoms in total. The van der Waals surface area contributed by atoms with Crippen molar-refractivity contribution in [1.29, 1.82) is 0 Å². The molecule has 0 saturated heterocycles. The maximum absolute atomic E-state index is 14.4. The number of urea groups is 1. The zero-order chi connectivity index (χ0) is 25.2. The Morgan fingerprint density at radius 3 is 2.64 bits per heavy atom. The molecule has 36 heavy (non-hydrogen) atoms. The van der Waals surface area contributed by atoms with Crippen LogP contribution in [0.5, 0.6) is 5.75 Å². The first-order valence-corrected chi connectivity index (χ1v) is 11.2. The molecule has 1 aliphatic rings. The molecule has 1 N–H and O–H groups in total. The molecular weight excluding hydrogens is 466 g/mol. The summed E-state index contributed by atoms with van der Waals surface area (Å²) in [6.45, 7) is 1.71. The Morgan fingerprint density at radius 2 is 1.86 bits per heavy atom. The Morgan fingerprint density at radius 1 is 1.06 bits per heavy atom. The van der Waals surface area contributed by atoms with Crippen LogP contribution >= 0.6 is 0 Å². The van der Waals surface area contributed by atoms with E-state index in [-0.39, 0.29) is 12.4 Å². The highest BCUT2D eigenvalue weighted by atomic mass is 19.1. The first-order valence-electron chi connectivity index (χ1n) is 11.2.